The van der Waals surface area contributed by atoms with Gasteiger partial charge in [-0.15, -0.1) is 0 Å². The van der Waals surface area contributed by atoms with E-state index in [2.05, 4.69) is 10.6 Å². The van der Waals surface area contributed by atoms with Gasteiger partial charge in [-0.2, -0.15) is 0 Å². The number of anilines is 1. The first-order valence-corrected chi connectivity index (χ1v) is 6.71. The fourth-order valence-electron chi connectivity index (χ4n) is 2.17. The lowest BCUT2D eigenvalue weighted by Gasteiger charge is -2.27. The number of nitrogens with zero attached hydrogens (tertiary/aromatic N) is 1. The summed E-state index contributed by atoms with van der Waals surface area (Å²) in [5.41, 5.74) is 0.491. The number of carbonyl (C=O) groups excluding carboxylic acids is 2. The van der Waals surface area contributed by atoms with E-state index in [0.29, 0.717) is 36.0 Å². The molecule has 120 valence electrons. The molecule has 8 nitrogen and oxygen atoms in total. The van der Waals surface area contributed by atoms with Crippen LogP contribution in [0.3, 0.4) is 0 Å². The van der Waals surface area contributed by atoms with Crippen molar-refractivity contribution < 1.29 is 23.8 Å². The number of carbonyl (C=O) groups is 2. The van der Waals surface area contributed by atoms with Crippen LogP contribution in [0.25, 0.3) is 0 Å². The lowest BCUT2D eigenvalue weighted by Crippen LogP contribution is -2.51. The maximum Gasteiger partial charge on any atom is 0.322 e. The molecule has 0 spiro atoms. The topological polar surface area (TPSA) is 89.1 Å². The number of ether oxygens (including phenoxy) is 3. The fraction of sp³-hybridized carbons (Fsp3) is 0.429. The van der Waals surface area contributed by atoms with Crippen LogP contribution in [0.15, 0.2) is 12.1 Å². The van der Waals surface area contributed by atoms with Gasteiger partial charge < -0.3 is 29.7 Å². The highest BCUT2D eigenvalue weighted by Gasteiger charge is 2.22. The molecule has 3 amide bonds. The molecule has 1 heterocycles. The van der Waals surface area contributed by atoms with Gasteiger partial charge in [-0.1, -0.05) is 0 Å². The number of urea groups is 1. The zero-order valence-electron chi connectivity index (χ0n) is 12.8. The van der Waals surface area contributed by atoms with Gasteiger partial charge in [-0.25, -0.2) is 4.79 Å². The number of hydrogen-bond acceptors (Lipinski definition) is 5. The molecule has 8 heteroatoms. The Balaban J connectivity index is 2.18. The minimum atomic E-state index is -0.357. The Bertz CT molecular complexity index is 551. The van der Waals surface area contributed by atoms with Crippen molar-refractivity contribution in [3.8, 4) is 17.2 Å². The predicted octanol–water partition coefficient (Wildman–Crippen LogP) is 0.676. The number of piperazine rings is 1. The van der Waals surface area contributed by atoms with Crippen LogP contribution in [0.2, 0.25) is 0 Å². The van der Waals surface area contributed by atoms with Crippen molar-refractivity contribution >= 4 is 17.6 Å². The smallest absolute Gasteiger partial charge is 0.322 e. The van der Waals surface area contributed by atoms with Crippen LogP contribution in [-0.4, -0.2) is 57.8 Å². The molecule has 2 N–H and O–H groups in total. The van der Waals surface area contributed by atoms with E-state index in [0.717, 1.165) is 0 Å². The summed E-state index contributed by atoms with van der Waals surface area (Å²) in [6, 6.07) is 2.90. The minimum absolute atomic E-state index is 0.0380. The fourth-order valence-corrected chi connectivity index (χ4v) is 2.17. The van der Waals surface area contributed by atoms with Gasteiger partial charge >= 0.3 is 6.03 Å². The standard InChI is InChI=1S/C14H19N3O5/c1-20-10-6-9(7-11(21-2)13(10)22-3)16-14(19)17-5-4-15-12(18)8-17/h6-7H,4-5,8H2,1-3H3,(H,15,18)(H,16,19). The molecule has 1 aromatic rings. The lowest BCUT2D eigenvalue weighted by atomic mass is 10.2. The number of nitrogens with one attached hydrogen (secondary N) is 2. The average molecular weight is 309 g/mol. The molecule has 1 aliphatic rings. The minimum Gasteiger partial charge on any atom is -0.493 e. The molecule has 0 aromatic heterocycles. The van der Waals surface area contributed by atoms with Crippen molar-refractivity contribution in [2.75, 3.05) is 46.3 Å². The summed E-state index contributed by atoms with van der Waals surface area (Å²) in [7, 11) is 4.50. The molecule has 0 radical (unpaired) electrons. The Hall–Kier alpha value is -2.64. The van der Waals surface area contributed by atoms with Crippen molar-refractivity contribution in [1.29, 1.82) is 0 Å². The highest BCUT2D eigenvalue weighted by atomic mass is 16.5. The monoisotopic (exact) mass is 309 g/mol. The summed E-state index contributed by atoms with van der Waals surface area (Å²) >= 11 is 0. The Morgan fingerprint density at radius 3 is 2.32 bits per heavy atom. The van der Waals surface area contributed by atoms with Crippen molar-refractivity contribution in [3.63, 3.8) is 0 Å². The van der Waals surface area contributed by atoms with E-state index in [1.165, 1.54) is 26.2 Å². The van der Waals surface area contributed by atoms with E-state index >= 15 is 0 Å². The van der Waals surface area contributed by atoms with Crippen molar-refractivity contribution in [2.24, 2.45) is 0 Å². The third-order valence-electron chi connectivity index (χ3n) is 3.24. The highest BCUT2D eigenvalue weighted by Crippen LogP contribution is 2.39. The Labute approximate surface area is 128 Å². The van der Waals surface area contributed by atoms with Crippen LogP contribution in [0.1, 0.15) is 0 Å². The van der Waals surface area contributed by atoms with E-state index in [9.17, 15) is 9.59 Å². The van der Waals surface area contributed by atoms with Crippen LogP contribution >= 0.6 is 0 Å². The molecule has 1 saturated heterocycles. The van der Waals surface area contributed by atoms with E-state index in [4.69, 9.17) is 14.2 Å². The molecule has 0 aliphatic carbocycles. The molecule has 0 unspecified atom stereocenters. The third kappa shape index (κ3) is 3.33. The molecular formula is C14H19N3O5. The quantitative estimate of drug-likeness (QED) is 0.853. The van der Waals surface area contributed by atoms with Gasteiger partial charge in [0.15, 0.2) is 11.5 Å². The van der Waals surface area contributed by atoms with Crippen LogP contribution in [0, 0.1) is 0 Å². The van der Waals surface area contributed by atoms with Crippen LogP contribution in [0.4, 0.5) is 10.5 Å². The van der Waals surface area contributed by atoms with Gasteiger partial charge in [0.25, 0.3) is 0 Å². The summed E-state index contributed by atoms with van der Waals surface area (Å²) in [6.07, 6.45) is 0. The average Bonchev–Trinajstić information content (AvgIpc) is 2.53. The highest BCUT2D eigenvalue weighted by molar-refractivity contribution is 5.93. The second-order valence-electron chi connectivity index (χ2n) is 4.62. The second-order valence-corrected chi connectivity index (χ2v) is 4.62. The Morgan fingerprint density at radius 1 is 1.18 bits per heavy atom. The number of rotatable bonds is 4. The molecule has 1 aromatic carbocycles. The number of benzene rings is 1. The van der Waals surface area contributed by atoms with Crippen LogP contribution in [0.5, 0.6) is 17.2 Å². The summed E-state index contributed by atoms with van der Waals surface area (Å²) in [6.45, 7) is 0.944. The number of hydrogen-bond donors (Lipinski definition) is 2. The summed E-state index contributed by atoms with van der Waals surface area (Å²) in [4.78, 5) is 24.9. The summed E-state index contributed by atoms with van der Waals surface area (Å²) in [5.74, 6) is 1.15. The van der Waals surface area contributed by atoms with Gasteiger partial charge in [0.05, 0.1) is 27.0 Å². The molecule has 0 saturated carbocycles. The first kappa shape index (κ1) is 15.7. The van der Waals surface area contributed by atoms with Gasteiger partial charge in [0.2, 0.25) is 11.7 Å². The number of methoxy groups -OCH3 is 3. The zero-order valence-corrected chi connectivity index (χ0v) is 12.8. The maximum absolute atomic E-state index is 12.2. The SMILES string of the molecule is COc1cc(NC(=O)N2CCNC(=O)C2)cc(OC)c1OC. The predicted molar refractivity (Wildman–Crippen MR) is 79.7 cm³/mol. The van der Waals surface area contributed by atoms with Crippen LogP contribution < -0.4 is 24.8 Å². The van der Waals surface area contributed by atoms with Crippen molar-refractivity contribution in [1.82, 2.24) is 10.2 Å². The summed E-state index contributed by atoms with van der Waals surface area (Å²) < 4.78 is 15.7. The molecular weight excluding hydrogens is 290 g/mol. The van der Waals surface area contributed by atoms with Gasteiger partial charge in [-0.05, 0) is 0 Å². The first-order chi connectivity index (χ1) is 10.6. The Kier molecular flexibility index (Phi) is 4.92. The molecule has 0 bridgehead atoms. The second kappa shape index (κ2) is 6.88. The molecule has 2 rings (SSSR count). The molecule has 0 atom stereocenters. The third-order valence-corrected chi connectivity index (χ3v) is 3.24. The van der Waals surface area contributed by atoms with Gasteiger partial charge in [-0.3, -0.25) is 4.79 Å². The normalized spacial score (nSPS) is 14.1. The summed E-state index contributed by atoms with van der Waals surface area (Å²) in [5, 5.41) is 5.39. The van der Waals surface area contributed by atoms with Gasteiger partial charge in [0, 0.05) is 25.2 Å². The van der Waals surface area contributed by atoms with Gasteiger partial charge in [0.1, 0.15) is 6.54 Å². The van der Waals surface area contributed by atoms with E-state index < -0.39 is 0 Å². The lowest BCUT2D eigenvalue weighted by molar-refractivity contribution is -0.123. The molecule has 1 aliphatic heterocycles. The maximum atomic E-state index is 12.2. The molecule has 1 fully saturated rings. The number of amides is 3. The van der Waals surface area contributed by atoms with E-state index in [1.807, 2.05) is 0 Å². The van der Waals surface area contributed by atoms with E-state index in [-0.39, 0.29) is 18.5 Å². The first-order valence-electron chi connectivity index (χ1n) is 6.71. The van der Waals surface area contributed by atoms with Crippen molar-refractivity contribution in [2.45, 2.75) is 0 Å². The van der Waals surface area contributed by atoms with Crippen LogP contribution in [-0.2, 0) is 4.79 Å². The Morgan fingerprint density at radius 2 is 1.82 bits per heavy atom. The van der Waals surface area contributed by atoms with Crippen molar-refractivity contribution in [3.05, 3.63) is 12.1 Å². The zero-order chi connectivity index (χ0) is 16.1. The largest absolute Gasteiger partial charge is 0.493 e. The molecule has 22 heavy (non-hydrogen) atoms. The van der Waals surface area contributed by atoms with E-state index in [1.54, 1.807) is 12.1 Å².